The van der Waals surface area contributed by atoms with E-state index in [1.165, 1.54) is 0 Å². The lowest BCUT2D eigenvalue weighted by atomic mass is 10.0. The van der Waals surface area contributed by atoms with Crippen molar-refractivity contribution in [2.24, 2.45) is 5.92 Å². The van der Waals surface area contributed by atoms with E-state index in [1.807, 2.05) is 6.92 Å². The molecule has 0 aromatic rings. The van der Waals surface area contributed by atoms with Crippen LogP contribution in [-0.2, 0) is 31.9 Å². The Morgan fingerprint density at radius 3 is 1.82 bits per heavy atom. The molecule has 7 nitrogen and oxygen atoms in total. The molecule has 34 heavy (non-hydrogen) atoms. The third-order valence-corrected chi connectivity index (χ3v) is 18.1. The van der Waals surface area contributed by atoms with Crippen molar-refractivity contribution in [3.63, 3.8) is 0 Å². The second-order valence-electron chi connectivity index (χ2n) is 12.9. The highest BCUT2D eigenvalue weighted by Crippen LogP contribution is 2.42. The summed E-state index contributed by atoms with van der Waals surface area (Å²) < 4.78 is 49.4. The molecule has 0 saturated carbocycles. The van der Waals surface area contributed by atoms with Crippen LogP contribution in [-0.4, -0.2) is 67.0 Å². The quantitative estimate of drug-likeness (QED) is 0.228. The van der Waals surface area contributed by atoms with E-state index < -0.39 is 31.0 Å². The molecule has 10 heteroatoms. The molecule has 0 aromatic carbocycles. The molecule has 0 N–H and O–H groups in total. The van der Waals surface area contributed by atoms with Crippen LogP contribution in [0.2, 0.25) is 36.3 Å². The lowest BCUT2D eigenvalue weighted by Gasteiger charge is -2.39. The van der Waals surface area contributed by atoms with Gasteiger partial charge >= 0.3 is 8.25 Å². The maximum Gasteiger partial charge on any atom is 0.697 e. The Balaban J connectivity index is 1.92. The molecular formula is C24H50O7PSi2+. The molecule has 200 valence electrons. The molecule has 0 amide bonds. The first-order valence-corrected chi connectivity index (χ1v) is 19.7. The standard InChI is InChI=1S/C24H50O7PSi2/c1-13-18-22(21(15-26-18)31-34(11,12)24(6,7)8)29-32(25)28-16-19-17(2)20(14-27-19)30-33(9,10)23(3,4)5/h17-22H,13-16H2,1-12H3/q+1/t17?,18-,19-,20-,21-,22?/m1/s1. The topological polar surface area (TPSA) is 72.5 Å². The van der Waals surface area contributed by atoms with Crippen LogP contribution in [0, 0.1) is 5.92 Å². The van der Waals surface area contributed by atoms with Crippen LogP contribution in [0.3, 0.4) is 0 Å². The highest BCUT2D eigenvalue weighted by Gasteiger charge is 2.50. The molecule has 2 fully saturated rings. The lowest BCUT2D eigenvalue weighted by molar-refractivity contribution is 0.0189. The zero-order valence-corrected chi connectivity index (χ0v) is 26.5. The van der Waals surface area contributed by atoms with Gasteiger partial charge in [0, 0.05) is 10.5 Å². The molecule has 2 aliphatic rings. The Kier molecular flexibility index (Phi) is 10.2. The van der Waals surface area contributed by atoms with E-state index in [9.17, 15) is 4.57 Å². The minimum atomic E-state index is -2.32. The highest BCUT2D eigenvalue weighted by atomic mass is 31.1. The summed E-state index contributed by atoms with van der Waals surface area (Å²) in [6, 6.07) is 0. The molecular weight excluding hydrogens is 487 g/mol. The monoisotopic (exact) mass is 537 g/mol. The normalized spacial score (nSPS) is 31.8. The van der Waals surface area contributed by atoms with Crippen molar-refractivity contribution >= 4 is 24.9 Å². The number of hydrogen-bond acceptors (Lipinski definition) is 7. The van der Waals surface area contributed by atoms with Gasteiger partial charge in [-0.3, -0.25) is 0 Å². The fraction of sp³-hybridized carbons (Fsp3) is 1.00. The Morgan fingerprint density at radius 1 is 0.853 bits per heavy atom. The summed E-state index contributed by atoms with van der Waals surface area (Å²) in [6.07, 6.45) is -0.166. The molecule has 0 spiro atoms. The van der Waals surface area contributed by atoms with Gasteiger partial charge in [0.15, 0.2) is 22.7 Å². The van der Waals surface area contributed by atoms with E-state index >= 15 is 0 Å². The molecule has 2 aliphatic heterocycles. The summed E-state index contributed by atoms with van der Waals surface area (Å²) in [4.78, 5) is 0. The third-order valence-electron chi connectivity index (χ3n) is 8.31. The van der Waals surface area contributed by atoms with Crippen molar-refractivity contribution < 1.29 is 31.9 Å². The van der Waals surface area contributed by atoms with Gasteiger partial charge in [-0.15, -0.1) is 9.05 Å². The molecule has 0 aliphatic carbocycles. The maximum atomic E-state index is 12.8. The van der Waals surface area contributed by atoms with Crippen LogP contribution in [0.15, 0.2) is 0 Å². The van der Waals surface area contributed by atoms with Crippen molar-refractivity contribution in [2.45, 2.75) is 129 Å². The average molecular weight is 538 g/mol. The van der Waals surface area contributed by atoms with Gasteiger partial charge in [-0.1, -0.05) is 55.4 Å². The lowest BCUT2D eigenvalue weighted by Crippen LogP contribution is -2.47. The highest BCUT2D eigenvalue weighted by molar-refractivity contribution is 7.33. The van der Waals surface area contributed by atoms with Gasteiger partial charge in [-0.2, -0.15) is 0 Å². The second kappa shape index (κ2) is 11.4. The summed E-state index contributed by atoms with van der Waals surface area (Å²) in [5, 5.41) is 0.209. The fourth-order valence-corrected chi connectivity index (χ4v) is 7.22. The summed E-state index contributed by atoms with van der Waals surface area (Å²) >= 11 is 0. The number of ether oxygens (including phenoxy) is 2. The van der Waals surface area contributed by atoms with Crippen molar-refractivity contribution in [2.75, 3.05) is 19.8 Å². The Hall–Kier alpha value is 0.294. The van der Waals surface area contributed by atoms with Gasteiger partial charge in [-0.25, -0.2) is 0 Å². The molecule has 3 unspecified atom stereocenters. The van der Waals surface area contributed by atoms with Crippen LogP contribution in [0.4, 0.5) is 0 Å². The van der Waals surface area contributed by atoms with Crippen LogP contribution in [0.5, 0.6) is 0 Å². The summed E-state index contributed by atoms with van der Waals surface area (Å²) in [6.45, 7) is 27.6. The molecule has 2 saturated heterocycles. The summed E-state index contributed by atoms with van der Waals surface area (Å²) in [5.41, 5.74) is 0. The van der Waals surface area contributed by atoms with Crippen LogP contribution in [0.1, 0.15) is 61.8 Å². The molecule has 2 heterocycles. The largest absolute Gasteiger partial charge is 0.697 e. The summed E-state index contributed by atoms with van der Waals surface area (Å²) in [5.74, 6) is 0.158. The Bertz CT molecular complexity index is 690. The zero-order chi connectivity index (χ0) is 26.1. The number of hydrogen-bond donors (Lipinski definition) is 0. The van der Waals surface area contributed by atoms with E-state index in [-0.39, 0.29) is 47.0 Å². The van der Waals surface area contributed by atoms with Gasteiger partial charge in [0.2, 0.25) is 0 Å². The first kappa shape index (κ1) is 30.5. The van der Waals surface area contributed by atoms with Gasteiger partial charge < -0.3 is 18.3 Å². The minimum absolute atomic E-state index is 0.0309. The Labute approximate surface area is 211 Å². The third kappa shape index (κ3) is 7.42. The van der Waals surface area contributed by atoms with Gasteiger partial charge in [0.05, 0.1) is 31.5 Å². The van der Waals surface area contributed by atoms with Crippen LogP contribution < -0.4 is 0 Å². The second-order valence-corrected chi connectivity index (χ2v) is 23.4. The fourth-order valence-electron chi connectivity index (χ4n) is 3.71. The molecule has 0 radical (unpaired) electrons. The SMILES string of the molecule is CC[C@H]1OC[C@@H](O[Si](C)(C)C(C)(C)C)C1O[P+](=O)OC[C@H]1OC[C@@H](O[Si](C)(C)C(C)(C)C)C1C. The van der Waals surface area contributed by atoms with Crippen LogP contribution in [0.25, 0.3) is 0 Å². The predicted molar refractivity (Wildman–Crippen MR) is 142 cm³/mol. The smallest absolute Gasteiger partial charge is 0.411 e. The first-order valence-electron chi connectivity index (χ1n) is 12.8. The van der Waals surface area contributed by atoms with Crippen molar-refractivity contribution in [3.8, 4) is 0 Å². The van der Waals surface area contributed by atoms with E-state index in [2.05, 4.69) is 74.7 Å². The number of rotatable bonds is 10. The molecule has 2 rings (SSSR count). The van der Waals surface area contributed by atoms with E-state index in [4.69, 9.17) is 27.4 Å². The first-order chi connectivity index (χ1) is 15.4. The molecule has 0 bridgehead atoms. The maximum absolute atomic E-state index is 12.8. The van der Waals surface area contributed by atoms with Crippen molar-refractivity contribution in [1.29, 1.82) is 0 Å². The predicted octanol–water partition coefficient (Wildman–Crippen LogP) is 6.67. The van der Waals surface area contributed by atoms with Gasteiger partial charge in [0.1, 0.15) is 12.7 Å². The van der Waals surface area contributed by atoms with Gasteiger partial charge in [0.25, 0.3) is 0 Å². The minimum Gasteiger partial charge on any atom is -0.411 e. The Morgan fingerprint density at radius 2 is 1.32 bits per heavy atom. The van der Waals surface area contributed by atoms with Crippen LogP contribution >= 0.6 is 8.25 Å². The summed E-state index contributed by atoms with van der Waals surface area (Å²) in [7, 11) is -6.23. The van der Waals surface area contributed by atoms with Gasteiger partial charge in [-0.05, 0) is 42.7 Å². The molecule has 7 atom stereocenters. The van der Waals surface area contributed by atoms with E-state index in [0.717, 1.165) is 6.42 Å². The van der Waals surface area contributed by atoms with Crippen molar-refractivity contribution in [1.82, 2.24) is 0 Å². The zero-order valence-electron chi connectivity index (χ0n) is 23.6. The van der Waals surface area contributed by atoms with Crippen molar-refractivity contribution in [3.05, 3.63) is 0 Å². The van der Waals surface area contributed by atoms with E-state index in [1.54, 1.807) is 0 Å². The average Bonchev–Trinajstić information content (AvgIpc) is 3.21. The van der Waals surface area contributed by atoms with E-state index in [0.29, 0.717) is 13.2 Å². The molecule has 0 aromatic heterocycles.